The van der Waals surface area contributed by atoms with Gasteiger partial charge in [-0.3, -0.25) is 0 Å². The van der Waals surface area contributed by atoms with E-state index in [9.17, 15) is 0 Å². The molecule has 3 heteroatoms. The molecule has 1 saturated heterocycles. The first-order valence-corrected chi connectivity index (χ1v) is 5.75. The molecule has 1 rings (SSSR count). The molecule has 3 nitrogen and oxygen atoms in total. The summed E-state index contributed by atoms with van der Waals surface area (Å²) < 4.78 is 5.49. The third-order valence-corrected chi connectivity index (χ3v) is 2.74. The van der Waals surface area contributed by atoms with Crippen LogP contribution < -0.4 is 5.32 Å². The van der Waals surface area contributed by atoms with Crippen molar-refractivity contribution in [3.8, 4) is 0 Å². The van der Waals surface area contributed by atoms with Crippen molar-refractivity contribution in [1.82, 2.24) is 5.32 Å². The molecule has 1 aliphatic rings. The molecule has 14 heavy (non-hydrogen) atoms. The van der Waals surface area contributed by atoms with Crippen LogP contribution in [0.1, 0.15) is 32.6 Å². The van der Waals surface area contributed by atoms with Gasteiger partial charge in [-0.05, 0) is 25.8 Å². The SMILES string of the molecule is CC(CO)COCCC1CCCCN1. The minimum absolute atomic E-state index is 0.224. The van der Waals surface area contributed by atoms with Gasteiger partial charge in [0.1, 0.15) is 0 Å². The molecule has 0 amide bonds. The van der Waals surface area contributed by atoms with Crippen LogP contribution in [0.2, 0.25) is 0 Å². The molecule has 1 heterocycles. The van der Waals surface area contributed by atoms with Gasteiger partial charge < -0.3 is 15.2 Å². The number of aliphatic hydroxyl groups is 1. The van der Waals surface area contributed by atoms with Crippen LogP contribution in [0, 0.1) is 5.92 Å². The molecule has 0 spiro atoms. The Morgan fingerprint density at radius 1 is 1.50 bits per heavy atom. The summed E-state index contributed by atoms with van der Waals surface area (Å²) in [7, 11) is 0. The second-order valence-corrected chi connectivity index (χ2v) is 4.30. The Kier molecular flexibility index (Phi) is 6.15. The van der Waals surface area contributed by atoms with Crippen molar-refractivity contribution in [1.29, 1.82) is 0 Å². The molecule has 2 atom stereocenters. The summed E-state index contributed by atoms with van der Waals surface area (Å²) >= 11 is 0. The van der Waals surface area contributed by atoms with Crippen LogP contribution in [0.3, 0.4) is 0 Å². The average molecular weight is 201 g/mol. The number of piperidine rings is 1. The molecular weight excluding hydrogens is 178 g/mol. The van der Waals surface area contributed by atoms with Crippen molar-refractivity contribution >= 4 is 0 Å². The van der Waals surface area contributed by atoms with Crippen molar-refractivity contribution in [2.24, 2.45) is 5.92 Å². The largest absolute Gasteiger partial charge is 0.396 e. The summed E-state index contributed by atoms with van der Waals surface area (Å²) in [6, 6.07) is 0.660. The Morgan fingerprint density at radius 2 is 2.36 bits per heavy atom. The number of ether oxygens (including phenoxy) is 1. The second kappa shape index (κ2) is 7.21. The van der Waals surface area contributed by atoms with Gasteiger partial charge in [0.2, 0.25) is 0 Å². The van der Waals surface area contributed by atoms with Gasteiger partial charge >= 0.3 is 0 Å². The topological polar surface area (TPSA) is 41.5 Å². The fourth-order valence-corrected chi connectivity index (χ4v) is 1.73. The first kappa shape index (κ1) is 12.0. The van der Waals surface area contributed by atoms with E-state index in [4.69, 9.17) is 9.84 Å². The average Bonchev–Trinajstić information content (AvgIpc) is 2.25. The molecule has 2 N–H and O–H groups in total. The molecule has 84 valence electrons. The fraction of sp³-hybridized carbons (Fsp3) is 1.00. The summed E-state index contributed by atoms with van der Waals surface area (Å²) in [6.45, 7) is 4.89. The number of hydrogen-bond acceptors (Lipinski definition) is 3. The first-order chi connectivity index (χ1) is 6.83. The Bertz CT molecular complexity index is 135. The van der Waals surface area contributed by atoms with Gasteiger partial charge in [0.25, 0.3) is 0 Å². The summed E-state index contributed by atoms with van der Waals surface area (Å²) in [5, 5.41) is 12.3. The van der Waals surface area contributed by atoms with Crippen molar-refractivity contribution < 1.29 is 9.84 Å². The molecule has 1 fully saturated rings. The molecule has 0 aliphatic carbocycles. The monoisotopic (exact) mass is 201 g/mol. The van der Waals surface area contributed by atoms with Gasteiger partial charge in [0.05, 0.1) is 6.61 Å². The molecular formula is C11H23NO2. The minimum atomic E-state index is 0.224. The second-order valence-electron chi connectivity index (χ2n) is 4.30. The zero-order chi connectivity index (χ0) is 10.2. The van der Waals surface area contributed by atoms with E-state index in [1.165, 1.54) is 19.3 Å². The predicted octanol–water partition coefficient (Wildman–Crippen LogP) is 1.16. The lowest BCUT2D eigenvalue weighted by atomic mass is 10.0. The zero-order valence-electron chi connectivity index (χ0n) is 9.17. The van der Waals surface area contributed by atoms with Crippen LogP contribution in [0.25, 0.3) is 0 Å². The maximum Gasteiger partial charge on any atom is 0.0513 e. The van der Waals surface area contributed by atoms with Crippen LogP contribution in [-0.4, -0.2) is 37.5 Å². The summed E-state index contributed by atoms with van der Waals surface area (Å²) in [4.78, 5) is 0. The molecule has 1 aliphatic heterocycles. The van der Waals surface area contributed by atoms with E-state index in [-0.39, 0.29) is 12.5 Å². The van der Waals surface area contributed by atoms with Crippen LogP contribution in [0.5, 0.6) is 0 Å². The summed E-state index contributed by atoms with van der Waals surface area (Å²) in [5.74, 6) is 0.273. The number of aliphatic hydroxyl groups excluding tert-OH is 1. The van der Waals surface area contributed by atoms with E-state index < -0.39 is 0 Å². The third kappa shape index (κ3) is 4.94. The minimum Gasteiger partial charge on any atom is -0.396 e. The van der Waals surface area contributed by atoms with Crippen LogP contribution in [0.4, 0.5) is 0 Å². The summed E-state index contributed by atoms with van der Waals surface area (Å²) in [6.07, 6.45) is 5.07. The van der Waals surface area contributed by atoms with E-state index in [2.05, 4.69) is 5.32 Å². The Labute approximate surface area is 86.8 Å². The van der Waals surface area contributed by atoms with Gasteiger partial charge in [-0.2, -0.15) is 0 Å². The lowest BCUT2D eigenvalue weighted by molar-refractivity contribution is 0.0727. The number of hydrogen-bond donors (Lipinski definition) is 2. The highest BCUT2D eigenvalue weighted by molar-refractivity contribution is 4.71. The maximum atomic E-state index is 8.79. The van der Waals surface area contributed by atoms with Crippen LogP contribution >= 0.6 is 0 Å². The predicted molar refractivity (Wildman–Crippen MR) is 57.3 cm³/mol. The molecule has 0 bridgehead atoms. The van der Waals surface area contributed by atoms with E-state index in [0.717, 1.165) is 19.6 Å². The van der Waals surface area contributed by atoms with E-state index in [1.807, 2.05) is 6.92 Å². The molecule has 0 aromatic rings. The Balaban J connectivity index is 1.92. The van der Waals surface area contributed by atoms with Crippen LogP contribution in [0.15, 0.2) is 0 Å². The van der Waals surface area contributed by atoms with Crippen molar-refractivity contribution in [3.05, 3.63) is 0 Å². The molecule has 0 aromatic carbocycles. The van der Waals surface area contributed by atoms with Gasteiger partial charge in [-0.15, -0.1) is 0 Å². The van der Waals surface area contributed by atoms with Gasteiger partial charge in [-0.25, -0.2) is 0 Å². The van der Waals surface area contributed by atoms with Gasteiger partial charge in [0.15, 0.2) is 0 Å². The maximum absolute atomic E-state index is 8.79. The zero-order valence-corrected chi connectivity index (χ0v) is 9.17. The van der Waals surface area contributed by atoms with Crippen molar-refractivity contribution in [2.45, 2.75) is 38.6 Å². The van der Waals surface area contributed by atoms with E-state index in [0.29, 0.717) is 12.6 Å². The normalized spacial score (nSPS) is 24.9. The Hall–Kier alpha value is -0.120. The van der Waals surface area contributed by atoms with E-state index >= 15 is 0 Å². The number of rotatable bonds is 6. The molecule has 0 aromatic heterocycles. The summed E-state index contributed by atoms with van der Waals surface area (Å²) in [5.41, 5.74) is 0. The molecule has 0 radical (unpaired) electrons. The standard InChI is InChI=1S/C11H23NO2/c1-10(8-13)9-14-7-5-11-4-2-3-6-12-11/h10-13H,2-9H2,1H3. The number of nitrogens with one attached hydrogen (secondary N) is 1. The fourth-order valence-electron chi connectivity index (χ4n) is 1.73. The van der Waals surface area contributed by atoms with Gasteiger partial charge in [-0.1, -0.05) is 13.3 Å². The smallest absolute Gasteiger partial charge is 0.0513 e. The lowest BCUT2D eigenvalue weighted by Crippen LogP contribution is -2.34. The van der Waals surface area contributed by atoms with Crippen molar-refractivity contribution in [3.63, 3.8) is 0 Å². The van der Waals surface area contributed by atoms with E-state index in [1.54, 1.807) is 0 Å². The van der Waals surface area contributed by atoms with Gasteiger partial charge in [0, 0.05) is 25.2 Å². The van der Waals surface area contributed by atoms with Crippen LogP contribution in [-0.2, 0) is 4.74 Å². The highest BCUT2D eigenvalue weighted by atomic mass is 16.5. The first-order valence-electron chi connectivity index (χ1n) is 5.75. The van der Waals surface area contributed by atoms with Crippen molar-refractivity contribution in [2.75, 3.05) is 26.4 Å². The molecule has 2 unspecified atom stereocenters. The quantitative estimate of drug-likeness (QED) is 0.634. The molecule has 0 saturated carbocycles. The highest BCUT2D eigenvalue weighted by Crippen LogP contribution is 2.10. The Morgan fingerprint density at radius 3 is 3.00 bits per heavy atom. The highest BCUT2D eigenvalue weighted by Gasteiger charge is 2.11. The lowest BCUT2D eigenvalue weighted by Gasteiger charge is -2.23. The third-order valence-electron chi connectivity index (χ3n) is 2.74.